The van der Waals surface area contributed by atoms with Crippen LogP contribution in [0.15, 0.2) is 37.1 Å². The number of halogens is 1. The normalized spacial score (nSPS) is 14.2. The number of anilines is 1. The molecule has 4 aromatic rings. The van der Waals surface area contributed by atoms with Crippen molar-refractivity contribution in [1.82, 2.24) is 34.4 Å². The number of pyridine rings is 1. The van der Waals surface area contributed by atoms with Crippen molar-refractivity contribution in [1.29, 1.82) is 0 Å². The van der Waals surface area contributed by atoms with Gasteiger partial charge in [0.2, 0.25) is 11.9 Å². The Morgan fingerprint density at radius 2 is 1.89 bits per heavy atom. The van der Waals surface area contributed by atoms with Crippen LogP contribution in [0.5, 0.6) is 11.5 Å². The highest BCUT2D eigenvalue weighted by atomic mass is 35.5. The van der Waals surface area contributed by atoms with E-state index in [0.29, 0.717) is 77.9 Å². The molecule has 5 rings (SSSR count). The number of fused-ring (bicyclic) bond motifs is 3. The predicted molar refractivity (Wildman–Crippen MR) is 141 cm³/mol. The minimum atomic E-state index is -0.0489. The van der Waals surface area contributed by atoms with Crippen molar-refractivity contribution in [2.75, 3.05) is 52.8 Å². The van der Waals surface area contributed by atoms with Gasteiger partial charge in [-0.25, -0.2) is 9.97 Å². The van der Waals surface area contributed by atoms with Crippen molar-refractivity contribution in [3.63, 3.8) is 0 Å². The molecule has 0 radical (unpaired) electrons. The minimum Gasteiger partial charge on any atom is -0.497 e. The van der Waals surface area contributed by atoms with Crippen LogP contribution >= 0.6 is 11.6 Å². The van der Waals surface area contributed by atoms with Gasteiger partial charge in [0.05, 0.1) is 25.8 Å². The summed E-state index contributed by atoms with van der Waals surface area (Å²) in [5.41, 5.74) is 2.65. The maximum atomic E-state index is 11.9. The monoisotopic (exact) mass is 522 g/mol. The largest absolute Gasteiger partial charge is 0.497 e. The van der Waals surface area contributed by atoms with Crippen molar-refractivity contribution in [2.24, 2.45) is 0 Å². The second kappa shape index (κ2) is 10.2. The first-order valence-corrected chi connectivity index (χ1v) is 12.1. The Morgan fingerprint density at radius 3 is 2.57 bits per heavy atom. The van der Waals surface area contributed by atoms with Crippen LogP contribution in [-0.2, 0) is 11.3 Å². The van der Waals surface area contributed by atoms with E-state index in [1.807, 2.05) is 12.1 Å². The maximum absolute atomic E-state index is 11.9. The molecule has 1 aromatic carbocycles. The van der Waals surface area contributed by atoms with E-state index in [0.717, 1.165) is 10.9 Å². The van der Waals surface area contributed by atoms with Gasteiger partial charge in [-0.15, -0.1) is 5.10 Å². The van der Waals surface area contributed by atoms with Crippen molar-refractivity contribution in [3.8, 4) is 22.6 Å². The highest BCUT2D eigenvalue weighted by Gasteiger charge is 2.23. The number of rotatable bonds is 7. The smallest absolute Gasteiger partial charge is 0.246 e. The van der Waals surface area contributed by atoms with Crippen molar-refractivity contribution in [2.45, 2.75) is 6.54 Å². The number of aromatic nitrogens is 5. The summed E-state index contributed by atoms with van der Waals surface area (Å²) in [6, 6.07) is 5.53. The van der Waals surface area contributed by atoms with Crippen molar-refractivity contribution < 1.29 is 14.3 Å². The Balaban J connectivity index is 1.61. The molecule has 11 nitrogen and oxygen atoms in total. The molecule has 1 N–H and O–H groups in total. The third kappa shape index (κ3) is 4.63. The first-order valence-electron chi connectivity index (χ1n) is 11.7. The number of hydrogen-bond acceptors (Lipinski definition) is 9. The molecule has 12 heteroatoms. The van der Waals surface area contributed by atoms with Crippen molar-refractivity contribution in [3.05, 3.63) is 47.9 Å². The third-order valence-corrected chi connectivity index (χ3v) is 6.78. The summed E-state index contributed by atoms with van der Waals surface area (Å²) >= 11 is 6.76. The van der Waals surface area contributed by atoms with Gasteiger partial charge >= 0.3 is 0 Å². The van der Waals surface area contributed by atoms with Gasteiger partial charge in [0.1, 0.15) is 11.5 Å². The number of benzene rings is 1. The fourth-order valence-corrected chi connectivity index (χ4v) is 4.71. The number of carbonyl (C=O) groups excluding carboxylic acids is 1. The molecule has 192 valence electrons. The summed E-state index contributed by atoms with van der Waals surface area (Å²) < 4.78 is 12.7. The molecular weight excluding hydrogens is 496 g/mol. The number of amides is 1. The molecule has 0 bridgehead atoms. The highest BCUT2D eigenvalue weighted by Crippen LogP contribution is 2.41. The Bertz CT molecular complexity index is 1500. The average Bonchev–Trinajstić information content (AvgIpc) is 3.36. The second-order valence-electron chi connectivity index (χ2n) is 8.54. The number of carbonyl (C=O) groups is 1. The van der Waals surface area contributed by atoms with Gasteiger partial charge in [-0.1, -0.05) is 18.2 Å². The van der Waals surface area contributed by atoms with Gasteiger partial charge in [-0.05, 0) is 18.2 Å². The van der Waals surface area contributed by atoms with Gasteiger partial charge in [0, 0.05) is 62.0 Å². The van der Waals surface area contributed by atoms with Gasteiger partial charge < -0.3 is 19.7 Å². The molecule has 1 saturated heterocycles. The van der Waals surface area contributed by atoms with Crippen LogP contribution in [0.4, 0.5) is 5.95 Å². The van der Waals surface area contributed by atoms with E-state index in [1.165, 1.54) is 6.08 Å². The van der Waals surface area contributed by atoms with E-state index in [2.05, 4.69) is 26.8 Å². The summed E-state index contributed by atoms with van der Waals surface area (Å²) in [5, 5.41) is 9.01. The van der Waals surface area contributed by atoms with Gasteiger partial charge in [-0.3, -0.25) is 9.69 Å². The third-order valence-electron chi connectivity index (χ3n) is 6.39. The molecule has 1 fully saturated rings. The van der Waals surface area contributed by atoms with Gasteiger partial charge in [-0.2, -0.15) is 9.50 Å². The lowest BCUT2D eigenvalue weighted by Crippen LogP contribution is -2.47. The Labute approximate surface area is 218 Å². The summed E-state index contributed by atoms with van der Waals surface area (Å²) in [4.78, 5) is 29.9. The molecule has 4 heterocycles. The Morgan fingerprint density at radius 1 is 1.11 bits per heavy atom. The standard InChI is InChI=1S/C25H27ClN8O3/c1-5-21(35)33-8-6-32(7-9-33)14-20-29-24-18(17-11-16(36-3)12-19(37-4)22(17)26)10-15-13-28-25(27-2)30-23(15)34(24)31-20/h5,10-13H,1,6-9,14H2,2-4H3,(H,27,28,30). The molecule has 1 aliphatic rings. The maximum Gasteiger partial charge on any atom is 0.246 e. The van der Waals surface area contributed by atoms with Crippen LogP contribution in [0, 0.1) is 0 Å². The van der Waals surface area contributed by atoms with Gasteiger partial charge in [0.25, 0.3) is 0 Å². The summed E-state index contributed by atoms with van der Waals surface area (Å²) in [5.74, 6) is 2.15. The molecule has 0 aliphatic carbocycles. The number of nitrogens with zero attached hydrogens (tertiary/aromatic N) is 7. The first kappa shape index (κ1) is 24.7. The van der Waals surface area contributed by atoms with Crippen LogP contribution in [0.2, 0.25) is 5.02 Å². The fraction of sp³-hybridized carbons (Fsp3) is 0.320. The lowest BCUT2D eigenvalue weighted by molar-refractivity contribution is -0.127. The van der Waals surface area contributed by atoms with E-state index >= 15 is 0 Å². The van der Waals surface area contributed by atoms with Crippen molar-refractivity contribution >= 4 is 40.1 Å². The second-order valence-corrected chi connectivity index (χ2v) is 8.92. The lowest BCUT2D eigenvalue weighted by atomic mass is 10.0. The lowest BCUT2D eigenvalue weighted by Gasteiger charge is -2.33. The van der Waals surface area contributed by atoms with E-state index in [9.17, 15) is 4.79 Å². The van der Waals surface area contributed by atoms with E-state index in [1.54, 1.807) is 42.9 Å². The number of hydrogen-bond donors (Lipinski definition) is 1. The molecule has 37 heavy (non-hydrogen) atoms. The molecule has 3 aromatic heterocycles. The van der Waals surface area contributed by atoms with E-state index in [4.69, 9.17) is 31.2 Å². The topological polar surface area (TPSA) is 110 Å². The zero-order valence-electron chi connectivity index (χ0n) is 20.9. The number of nitrogens with one attached hydrogen (secondary N) is 1. The average molecular weight is 523 g/mol. The highest BCUT2D eigenvalue weighted by molar-refractivity contribution is 6.35. The van der Waals surface area contributed by atoms with Gasteiger partial charge in [0.15, 0.2) is 17.1 Å². The molecule has 0 atom stereocenters. The SMILES string of the molecule is C=CC(=O)N1CCN(Cc2nc3c(-c4cc(OC)cc(OC)c4Cl)cc4cnc(NC)nc4n3n2)CC1. The molecular formula is C25H27ClN8O3. The van der Waals surface area contributed by atoms with Crippen LogP contribution in [0.3, 0.4) is 0 Å². The van der Waals surface area contributed by atoms with Crippen LogP contribution < -0.4 is 14.8 Å². The van der Waals surface area contributed by atoms with E-state index < -0.39 is 0 Å². The molecule has 0 unspecified atom stereocenters. The molecule has 0 spiro atoms. The summed E-state index contributed by atoms with van der Waals surface area (Å²) in [6.45, 7) is 6.79. The van der Waals surface area contributed by atoms with E-state index in [-0.39, 0.29) is 5.91 Å². The Kier molecular flexibility index (Phi) is 6.81. The fourth-order valence-electron chi connectivity index (χ4n) is 4.43. The predicted octanol–water partition coefficient (Wildman–Crippen LogP) is 2.88. The number of ether oxygens (including phenoxy) is 2. The minimum absolute atomic E-state index is 0.0489. The number of methoxy groups -OCH3 is 2. The molecule has 0 saturated carbocycles. The zero-order chi connectivity index (χ0) is 26.1. The van der Waals surface area contributed by atoms with Crippen LogP contribution in [0.25, 0.3) is 27.8 Å². The molecule has 1 amide bonds. The Hall–Kier alpha value is -3.96. The zero-order valence-corrected chi connectivity index (χ0v) is 21.6. The summed E-state index contributed by atoms with van der Waals surface area (Å²) in [6.07, 6.45) is 3.09. The number of piperazine rings is 1. The quantitative estimate of drug-likeness (QED) is 0.366. The first-order chi connectivity index (χ1) is 17.9. The molecule has 1 aliphatic heterocycles. The van der Waals surface area contributed by atoms with Crippen LogP contribution in [0.1, 0.15) is 5.82 Å². The summed E-state index contributed by atoms with van der Waals surface area (Å²) in [7, 11) is 4.91. The van der Waals surface area contributed by atoms with Crippen LogP contribution in [-0.4, -0.2) is 87.7 Å².